The summed E-state index contributed by atoms with van der Waals surface area (Å²) in [5, 5.41) is 16.4. The van der Waals surface area contributed by atoms with Crippen molar-refractivity contribution in [3.05, 3.63) is 54.0 Å². The van der Waals surface area contributed by atoms with Crippen LogP contribution in [0.15, 0.2) is 42.6 Å². The normalized spacial score (nSPS) is 13.1. The van der Waals surface area contributed by atoms with Crippen molar-refractivity contribution in [2.45, 2.75) is 31.9 Å². The molecule has 0 saturated heterocycles. The first-order valence-electron chi connectivity index (χ1n) is 8.83. The van der Waals surface area contributed by atoms with Crippen LogP contribution in [0.4, 0.5) is 8.78 Å². The summed E-state index contributed by atoms with van der Waals surface area (Å²) in [6.07, 6.45) is -1.84. The number of ether oxygens (including phenoxy) is 1. The number of nitrogens with one attached hydrogen (secondary N) is 1. The molecule has 3 rings (SSSR count). The lowest BCUT2D eigenvalue weighted by molar-refractivity contribution is 0.0838. The third-order valence-corrected chi connectivity index (χ3v) is 4.33. The molecule has 0 fully saturated rings. The number of aryl methyl sites for hydroxylation is 1. The Labute approximate surface area is 165 Å². The zero-order chi connectivity index (χ0) is 21.0. The number of carbonyl (C=O) groups is 1. The Morgan fingerprint density at radius 2 is 2.17 bits per heavy atom. The standard InChI is InChI=1S/C20H19F2N5O2/c1-20(12-23,10-17(21)22)25-19(28)18-15-9-14(6-7-16(15)26-27(18)2)29-11-13-5-3-4-8-24-13/h3-9,17H,10-11H2,1-2H3,(H,25,28). The first-order valence-corrected chi connectivity index (χ1v) is 8.83. The molecule has 1 amide bonds. The molecular weight excluding hydrogens is 380 g/mol. The molecule has 1 atom stereocenters. The van der Waals surface area contributed by atoms with Crippen LogP contribution in [0.2, 0.25) is 0 Å². The van der Waals surface area contributed by atoms with Gasteiger partial charge in [0.05, 0.1) is 17.3 Å². The third-order valence-electron chi connectivity index (χ3n) is 4.33. The van der Waals surface area contributed by atoms with Crippen molar-refractivity contribution in [2.24, 2.45) is 7.05 Å². The number of nitrogens with zero attached hydrogens (tertiary/aromatic N) is 4. The molecule has 0 aliphatic rings. The highest BCUT2D eigenvalue weighted by Crippen LogP contribution is 2.25. The zero-order valence-electron chi connectivity index (χ0n) is 15.9. The Balaban J connectivity index is 1.86. The fraction of sp³-hybridized carbons (Fsp3) is 0.300. The quantitative estimate of drug-likeness (QED) is 0.659. The van der Waals surface area contributed by atoms with Crippen LogP contribution in [-0.4, -0.2) is 32.6 Å². The van der Waals surface area contributed by atoms with Crippen LogP contribution in [0, 0.1) is 11.3 Å². The number of pyridine rings is 1. The Kier molecular flexibility index (Phi) is 5.73. The molecule has 0 aliphatic heterocycles. The fourth-order valence-corrected chi connectivity index (χ4v) is 2.92. The molecule has 0 aliphatic carbocycles. The minimum Gasteiger partial charge on any atom is -0.487 e. The summed E-state index contributed by atoms with van der Waals surface area (Å²) in [5.74, 6) is -0.164. The number of alkyl halides is 2. The Morgan fingerprint density at radius 3 is 2.83 bits per heavy atom. The number of halogens is 2. The van der Waals surface area contributed by atoms with E-state index in [0.717, 1.165) is 5.69 Å². The highest BCUT2D eigenvalue weighted by atomic mass is 19.3. The SMILES string of the molecule is Cn1nc2ccc(OCc3ccccn3)cc2c1C(=O)NC(C)(C#N)CC(F)F. The van der Waals surface area contributed by atoms with Gasteiger partial charge in [-0.2, -0.15) is 10.4 Å². The van der Waals surface area contributed by atoms with Gasteiger partial charge in [0.2, 0.25) is 6.43 Å². The first-order chi connectivity index (χ1) is 13.8. The highest BCUT2D eigenvalue weighted by Gasteiger charge is 2.32. The molecule has 0 spiro atoms. The second-order valence-electron chi connectivity index (χ2n) is 6.75. The molecule has 1 N–H and O–H groups in total. The van der Waals surface area contributed by atoms with E-state index in [1.54, 1.807) is 43.6 Å². The molecule has 0 saturated carbocycles. The smallest absolute Gasteiger partial charge is 0.271 e. The molecule has 9 heteroatoms. The van der Waals surface area contributed by atoms with Crippen molar-refractivity contribution in [1.29, 1.82) is 5.26 Å². The van der Waals surface area contributed by atoms with Gasteiger partial charge in [0, 0.05) is 25.1 Å². The number of amides is 1. The van der Waals surface area contributed by atoms with Crippen molar-refractivity contribution in [3.8, 4) is 11.8 Å². The van der Waals surface area contributed by atoms with Crippen molar-refractivity contribution in [1.82, 2.24) is 20.1 Å². The van der Waals surface area contributed by atoms with Crippen LogP contribution in [0.25, 0.3) is 10.9 Å². The van der Waals surface area contributed by atoms with Gasteiger partial charge in [0.1, 0.15) is 23.6 Å². The van der Waals surface area contributed by atoms with Crippen LogP contribution in [0.3, 0.4) is 0 Å². The number of nitriles is 1. The van der Waals surface area contributed by atoms with E-state index in [1.807, 2.05) is 12.1 Å². The molecule has 7 nitrogen and oxygen atoms in total. The lowest BCUT2D eigenvalue weighted by atomic mass is 9.99. The van der Waals surface area contributed by atoms with E-state index in [1.165, 1.54) is 11.6 Å². The van der Waals surface area contributed by atoms with E-state index in [0.29, 0.717) is 16.7 Å². The number of fused-ring (bicyclic) bond motifs is 1. The maximum Gasteiger partial charge on any atom is 0.271 e. The summed E-state index contributed by atoms with van der Waals surface area (Å²) in [6, 6.07) is 12.3. The first kappa shape index (κ1) is 20.2. The number of hydrogen-bond donors (Lipinski definition) is 1. The topological polar surface area (TPSA) is 92.8 Å². The van der Waals surface area contributed by atoms with Crippen LogP contribution in [0.1, 0.15) is 29.5 Å². The molecule has 2 heterocycles. The largest absolute Gasteiger partial charge is 0.487 e. The summed E-state index contributed by atoms with van der Waals surface area (Å²) in [6.45, 7) is 1.51. The van der Waals surface area contributed by atoms with Gasteiger partial charge in [0.15, 0.2) is 0 Å². The molecule has 0 bridgehead atoms. The Hall–Kier alpha value is -3.54. The van der Waals surface area contributed by atoms with Crippen molar-refractivity contribution >= 4 is 16.8 Å². The second kappa shape index (κ2) is 8.22. The van der Waals surface area contributed by atoms with Crippen LogP contribution >= 0.6 is 0 Å². The van der Waals surface area contributed by atoms with Crippen LogP contribution < -0.4 is 10.1 Å². The van der Waals surface area contributed by atoms with Gasteiger partial charge in [-0.05, 0) is 37.3 Å². The third kappa shape index (κ3) is 4.66. The molecule has 3 aromatic rings. The van der Waals surface area contributed by atoms with Crippen LogP contribution in [0.5, 0.6) is 5.75 Å². The average molecular weight is 399 g/mol. The minimum atomic E-state index is -2.73. The van der Waals surface area contributed by atoms with Crippen LogP contribution in [-0.2, 0) is 13.7 Å². The highest BCUT2D eigenvalue weighted by molar-refractivity contribution is 6.05. The van der Waals surface area contributed by atoms with Gasteiger partial charge in [0.25, 0.3) is 5.91 Å². The number of hydrogen-bond acceptors (Lipinski definition) is 5. The molecule has 0 radical (unpaired) electrons. The van der Waals surface area contributed by atoms with E-state index in [2.05, 4.69) is 15.4 Å². The summed E-state index contributed by atoms with van der Waals surface area (Å²) in [7, 11) is 1.57. The lowest BCUT2D eigenvalue weighted by Crippen LogP contribution is -2.46. The molecule has 1 unspecified atom stereocenters. The van der Waals surface area contributed by atoms with Gasteiger partial charge < -0.3 is 10.1 Å². The maximum absolute atomic E-state index is 12.8. The summed E-state index contributed by atoms with van der Waals surface area (Å²) >= 11 is 0. The predicted molar refractivity (Wildman–Crippen MR) is 101 cm³/mol. The summed E-state index contributed by atoms with van der Waals surface area (Å²) < 4.78 is 32.6. The summed E-state index contributed by atoms with van der Waals surface area (Å²) in [5.41, 5.74) is -0.266. The lowest BCUT2D eigenvalue weighted by Gasteiger charge is -2.22. The van der Waals surface area contributed by atoms with E-state index in [4.69, 9.17) is 4.74 Å². The van der Waals surface area contributed by atoms with Gasteiger partial charge in [-0.3, -0.25) is 14.5 Å². The average Bonchev–Trinajstić information content (AvgIpc) is 3.01. The zero-order valence-corrected chi connectivity index (χ0v) is 15.9. The van der Waals surface area contributed by atoms with Gasteiger partial charge in [-0.15, -0.1) is 0 Å². The molecular formula is C20H19F2N5O2. The van der Waals surface area contributed by atoms with Crippen molar-refractivity contribution < 1.29 is 18.3 Å². The number of carbonyl (C=O) groups excluding carboxylic acids is 1. The molecule has 2 aromatic heterocycles. The van der Waals surface area contributed by atoms with E-state index in [-0.39, 0.29) is 12.3 Å². The molecule has 29 heavy (non-hydrogen) atoms. The summed E-state index contributed by atoms with van der Waals surface area (Å²) in [4.78, 5) is 17.0. The maximum atomic E-state index is 12.8. The number of rotatable bonds is 7. The van der Waals surface area contributed by atoms with E-state index < -0.39 is 24.3 Å². The van der Waals surface area contributed by atoms with Gasteiger partial charge in [-0.25, -0.2) is 8.78 Å². The predicted octanol–water partition coefficient (Wildman–Crippen LogP) is 3.21. The molecule has 1 aromatic carbocycles. The molecule has 150 valence electrons. The number of aromatic nitrogens is 3. The second-order valence-corrected chi connectivity index (χ2v) is 6.75. The monoisotopic (exact) mass is 399 g/mol. The van der Waals surface area contributed by atoms with Gasteiger partial charge >= 0.3 is 0 Å². The Bertz CT molecular complexity index is 1060. The van der Waals surface area contributed by atoms with Crippen molar-refractivity contribution in [3.63, 3.8) is 0 Å². The number of benzene rings is 1. The fourth-order valence-electron chi connectivity index (χ4n) is 2.92. The minimum absolute atomic E-state index is 0.152. The van der Waals surface area contributed by atoms with E-state index in [9.17, 15) is 18.8 Å². The van der Waals surface area contributed by atoms with Gasteiger partial charge in [-0.1, -0.05) is 6.07 Å². The van der Waals surface area contributed by atoms with E-state index >= 15 is 0 Å². The Morgan fingerprint density at radius 1 is 1.38 bits per heavy atom. The van der Waals surface area contributed by atoms with Crippen molar-refractivity contribution in [2.75, 3.05) is 0 Å².